The van der Waals surface area contributed by atoms with Crippen LogP contribution in [0, 0.1) is 32.8 Å². The average Bonchev–Trinajstić information content (AvgIpc) is 2.17. The van der Waals surface area contributed by atoms with Crippen LogP contribution in [0.3, 0.4) is 0 Å². The molecule has 5 heteroatoms. The molecule has 0 aliphatic carbocycles. The highest BCUT2D eigenvalue weighted by Crippen LogP contribution is 2.18. The van der Waals surface area contributed by atoms with E-state index in [4.69, 9.17) is 10.5 Å². The number of nitro benzene ring substituents is 1. The summed E-state index contributed by atoms with van der Waals surface area (Å²) >= 11 is 0. The van der Waals surface area contributed by atoms with Gasteiger partial charge in [0.2, 0.25) is 0 Å². The zero-order valence-corrected chi connectivity index (χ0v) is 7.10. The Morgan fingerprint density at radius 2 is 2.14 bits per heavy atom. The van der Waals surface area contributed by atoms with Gasteiger partial charge in [-0.2, -0.15) is 10.5 Å². The molecule has 0 fully saturated rings. The number of nitro groups is 1. The van der Waals surface area contributed by atoms with E-state index < -0.39 is 4.92 Å². The quantitative estimate of drug-likeness (QED) is 0.518. The molecule has 5 nitrogen and oxygen atoms in total. The standard InChI is InChI=1S/C9H5N3O2/c10-4-3-7-1-2-9(12(13)14)8(5-7)6-11/h1-2,5H,3H2. The van der Waals surface area contributed by atoms with Crippen LogP contribution in [0.15, 0.2) is 18.2 Å². The Kier molecular flexibility index (Phi) is 2.78. The van der Waals surface area contributed by atoms with E-state index in [0.29, 0.717) is 5.56 Å². The molecule has 0 saturated heterocycles. The summed E-state index contributed by atoms with van der Waals surface area (Å²) in [6.45, 7) is 0. The highest BCUT2D eigenvalue weighted by Gasteiger charge is 2.13. The molecule has 1 rings (SSSR count). The van der Waals surface area contributed by atoms with Crippen LogP contribution in [0.25, 0.3) is 0 Å². The fraction of sp³-hybridized carbons (Fsp3) is 0.111. The Hall–Kier alpha value is -2.40. The highest BCUT2D eigenvalue weighted by molar-refractivity contribution is 5.50. The number of nitrogens with zero attached hydrogens (tertiary/aromatic N) is 3. The first-order valence-corrected chi connectivity index (χ1v) is 3.73. The summed E-state index contributed by atoms with van der Waals surface area (Å²) in [5, 5.41) is 27.5. The number of benzene rings is 1. The van der Waals surface area contributed by atoms with Gasteiger partial charge in [-0.3, -0.25) is 10.1 Å². The van der Waals surface area contributed by atoms with Crippen molar-refractivity contribution in [1.82, 2.24) is 0 Å². The molecule has 0 saturated carbocycles. The minimum absolute atomic E-state index is 0.0113. The van der Waals surface area contributed by atoms with Crippen molar-refractivity contribution < 1.29 is 4.92 Å². The lowest BCUT2D eigenvalue weighted by Gasteiger charge is -1.96. The number of hydrogen-bond acceptors (Lipinski definition) is 4. The van der Waals surface area contributed by atoms with Gasteiger partial charge in [0.25, 0.3) is 5.69 Å². The van der Waals surface area contributed by atoms with E-state index in [2.05, 4.69) is 0 Å². The monoisotopic (exact) mass is 187 g/mol. The maximum atomic E-state index is 10.4. The lowest BCUT2D eigenvalue weighted by molar-refractivity contribution is -0.385. The molecule has 0 unspecified atom stereocenters. The van der Waals surface area contributed by atoms with Crippen LogP contribution in [-0.4, -0.2) is 4.92 Å². The van der Waals surface area contributed by atoms with Crippen molar-refractivity contribution in [2.75, 3.05) is 0 Å². The predicted molar refractivity (Wildman–Crippen MR) is 47.1 cm³/mol. The average molecular weight is 187 g/mol. The summed E-state index contributed by atoms with van der Waals surface area (Å²) in [5.41, 5.74) is 0.367. The van der Waals surface area contributed by atoms with Crippen molar-refractivity contribution in [2.45, 2.75) is 6.42 Å². The Morgan fingerprint density at radius 3 is 2.64 bits per heavy atom. The molecule has 0 N–H and O–H groups in total. The third-order valence-electron chi connectivity index (χ3n) is 1.66. The summed E-state index contributed by atoms with van der Waals surface area (Å²) in [6.07, 6.45) is 0.146. The molecule has 0 heterocycles. The Labute approximate surface area is 80.0 Å². The lowest BCUT2D eigenvalue weighted by Crippen LogP contribution is -1.93. The molecule has 0 amide bonds. The molecular formula is C9H5N3O2. The second kappa shape index (κ2) is 4.01. The van der Waals surface area contributed by atoms with Gasteiger partial charge in [0.15, 0.2) is 0 Å². The van der Waals surface area contributed by atoms with Crippen LogP contribution in [0.1, 0.15) is 11.1 Å². The minimum atomic E-state index is -0.616. The van der Waals surface area contributed by atoms with E-state index in [1.54, 1.807) is 6.07 Å². The molecule has 0 bridgehead atoms. The van der Waals surface area contributed by atoms with E-state index in [9.17, 15) is 10.1 Å². The zero-order valence-electron chi connectivity index (χ0n) is 7.10. The van der Waals surface area contributed by atoms with Gasteiger partial charge in [-0.05, 0) is 11.6 Å². The van der Waals surface area contributed by atoms with Crippen molar-refractivity contribution in [3.8, 4) is 12.1 Å². The predicted octanol–water partition coefficient (Wildman–Crippen LogP) is 1.53. The van der Waals surface area contributed by atoms with Crippen LogP contribution >= 0.6 is 0 Å². The number of nitriles is 2. The van der Waals surface area contributed by atoms with E-state index >= 15 is 0 Å². The van der Waals surface area contributed by atoms with Gasteiger partial charge in [-0.25, -0.2) is 0 Å². The maximum Gasteiger partial charge on any atom is 0.287 e. The molecule has 0 radical (unpaired) electrons. The van der Waals surface area contributed by atoms with Gasteiger partial charge < -0.3 is 0 Å². The van der Waals surface area contributed by atoms with Crippen molar-refractivity contribution in [3.63, 3.8) is 0 Å². The topological polar surface area (TPSA) is 90.7 Å². The fourth-order valence-electron chi connectivity index (χ4n) is 1.03. The molecule has 0 aliphatic rings. The first-order chi connectivity index (χ1) is 6.69. The lowest BCUT2D eigenvalue weighted by atomic mass is 10.1. The fourth-order valence-corrected chi connectivity index (χ4v) is 1.03. The first kappa shape index (κ1) is 9.69. The second-order valence-corrected chi connectivity index (χ2v) is 2.56. The van der Waals surface area contributed by atoms with Crippen LogP contribution in [0.4, 0.5) is 5.69 Å². The smallest absolute Gasteiger partial charge is 0.258 e. The maximum absolute atomic E-state index is 10.4. The largest absolute Gasteiger partial charge is 0.287 e. The molecule has 0 aliphatic heterocycles. The van der Waals surface area contributed by atoms with Crippen LogP contribution in [0.5, 0.6) is 0 Å². The molecule has 1 aromatic rings. The van der Waals surface area contributed by atoms with Gasteiger partial charge in [0, 0.05) is 6.07 Å². The summed E-state index contributed by atoms with van der Waals surface area (Å²) < 4.78 is 0. The van der Waals surface area contributed by atoms with E-state index in [1.807, 2.05) is 6.07 Å². The van der Waals surface area contributed by atoms with E-state index in [0.717, 1.165) is 0 Å². The number of hydrogen-bond donors (Lipinski definition) is 0. The summed E-state index contributed by atoms with van der Waals surface area (Å²) in [5.74, 6) is 0. The zero-order chi connectivity index (χ0) is 10.6. The van der Waals surface area contributed by atoms with Crippen LogP contribution in [0.2, 0.25) is 0 Å². The SMILES string of the molecule is N#CCc1ccc([N+](=O)[O-])c(C#N)c1. The summed E-state index contributed by atoms with van der Waals surface area (Å²) in [4.78, 5) is 9.82. The number of rotatable bonds is 2. The van der Waals surface area contributed by atoms with Gasteiger partial charge in [-0.1, -0.05) is 6.07 Å². The third-order valence-corrected chi connectivity index (χ3v) is 1.66. The van der Waals surface area contributed by atoms with E-state index in [1.165, 1.54) is 18.2 Å². The van der Waals surface area contributed by atoms with Crippen molar-refractivity contribution >= 4 is 5.69 Å². The van der Waals surface area contributed by atoms with E-state index in [-0.39, 0.29) is 17.7 Å². The minimum Gasteiger partial charge on any atom is -0.258 e. The summed E-state index contributed by atoms with van der Waals surface area (Å²) in [7, 11) is 0. The van der Waals surface area contributed by atoms with Gasteiger partial charge >= 0.3 is 0 Å². The molecule has 0 spiro atoms. The van der Waals surface area contributed by atoms with Crippen molar-refractivity contribution in [2.24, 2.45) is 0 Å². The van der Waals surface area contributed by atoms with Crippen molar-refractivity contribution in [1.29, 1.82) is 10.5 Å². The Bertz CT molecular complexity index is 454. The Balaban J connectivity index is 3.21. The van der Waals surface area contributed by atoms with Crippen LogP contribution < -0.4 is 0 Å². The summed E-state index contributed by atoms with van der Waals surface area (Å²) in [6, 6.07) is 7.71. The first-order valence-electron chi connectivity index (χ1n) is 3.73. The van der Waals surface area contributed by atoms with Crippen molar-refractivity contribution in [3.05, 3.63) is 39.4 Å². The third kappa shape index (κ3) is 1.85. The second-order valence-electron chi connectivity index (χ2n) is 2.56. The molecule has 0 atom stereocenters. The van der Waals surface area contributed by atoms with Gasteiger partial charge in [-0.15, -0.1) is 0 Å². The molecule has 14 heavy (non-hydrogen) atoms. The molecular weight excluding hydrogens is 182 g/mol. The highest BCUT2D eigenvalue weighted by atomic mass is 16.6. The molecule has 68 valence electrons. The normalized spacial score (nSPS) is 8.71. The molecule has 0 aromatic heterocycles. The van der Waals surface area contributed by atoms with Gasteiger partial charge in [0.1, 0.15) is 11.6 Å². The molecule has 1 aromatic carbocycles. The Morgan fingerprint density at radius 1 is 1.43 bits per heavy atom. The van der Waals surface area contributed by atoms with Gasteiger partial charge in [0.05, 0.1) is 17.4 Å². The van der Waals surface area contributed by atoms with Crippen LogP contribution in [-0.2, 0) is 6.42 Å².